The van der Waals surface area contributed by atoms with Gasteiger partial charge in [-0.2, -0.15) is 0 Å². The molecule has 3 nitrogen and oxygen atoms in total. The summed E-state index contributed by atoms with van der Waals surface area (Å²) in [4.78, 5) is 13.7. The maximum atomic E-state index is 11.7. The number of rotatable bonds is 4. The first-order valence-electron chi connectivity index (χ1n) is 7.46. The first-order valence-corrected chi connectivity index (χ1v) is 8.25. The SMILES string of the molecule is CC(CN1CCCC1=O)NC1CCc2c(Br)cccc21. The van der Waals surface area contributed by atoms with E-state index in [0.717, 1.165) is 38.8 Å². The lowest BCUT2D eigenvalue weighted by Crippen LogP contribution is -2.40. The molecular formula is C16H21BrN2O. The number of likely N-dealkylation sites (tertiary alicyclic amines) is 1. The molecule has 20 heavy (non-hydrogen) atoms. The minimum absolute atomic E-state index is 0.313. The number of carbonyl (C=O) groups excluding carboxylic acids is 1. The second kappa shape index (κ2) is 5.86. The predicted molar refractivity (Wildman–Crippen MR) is 83.6 cm³/mol. The monoisotopic (exact) mass is 336 g/mol. The first-order chi connectivity index (χ1) is 9.65. The molecule has 0 bridgehead atoms. The van der Waals surface area contributed by atoms with Crippen molar-refractivity contribution in [2.45, 2.75) is 44.7 Å². The lowest BCUT2D eigenvalue weighted by molar-refractivity contribution is -0.127. The summed E-state index contributed by atoms with van der Waals surface area (Å²) in [5.74, 6) is 0.313. The van der Waals surface area contributed by atoms with Crippen molar-refractivity contribution in [3.05, 3.63) is 33.8 Å². The van der Waals surface area contributed by atoms with Gasteiger partial charge in [0.05, 0.1) is 0 Å². The number of benzene rings is 1. The lowest BCUT2D eigenvalue weighted by atomic mass is 10.1. The van der Waals surface area contributed by atoms with E-state index in [1.54, 1.807) is 0 Å². The van der Waals surface area contributed by atoms with Crippen LogP contribution in [0.1, 0.15) is 43.4 Å². The van der Waals surface area contributed by atoms with E-state index in [2.05, 4.69) is 46.4 Å². The fourth-order valence-corrected chi connectivity index (χ4v) is 3.99. The van der Waals surface area contributed by atoms with E-state index < -0.39 is 0 Å². The molecular weight excluding hydrogens is 316 g/mol. The van der Waals surface area contributed by atoms with Crippen LogP contribution in [0.2, 0.25) is 0 Å². The Bertz CT molecular complexity index is 517. The topological polar surface area (TPSA) is 32.3 Å². The van der Waals surface area contributed by atoms with Crippen molar-refractivity contribution in [1.82, 2.24) is 10.2 Å². The number of nitrogens with zero attached hydrogens (tertiary/aromatic N) is 1. The van der Waals surface area contributed by atoms with Crippen LogP contribution in [-0.2, 0) is 11.2 Å². The Hall–Kier alpha value is -0.870. The van der Waals surface area contributed by atoms with Gasteiger partial charge in [-0.15, -0.1) is 0 Å². The van der Waals surface area contributed by atoms with Crippen molar-refractivity contribution in [1.29, 1.82) is 0 Å². The minimum atomic E-state index is 0.313. The van der Waals surface area contributed by atoms with E-state index in [1.165, 1.54) is 15.6 Å². The molecule has 1 aliphatic heterocycles. The highest BCUT2D eigenvalue weighted by Gasteiger charge is 2.27. The van der Waals surface area contributed by atoms with Crippen molar-refractivity contribution in [2.75, 3.05) is 13.1 Å². The fraction of sp³-hybridized carbons (Fsp3) is 0.562. The molecule has 1 aromatic rings. The Balaban J connectivity index is 1.62. The highest BCUT2D eigenvalue weighted by molar-refractivity contribution is 9.10. The highest BCUT2D eigenvalue weighted by Crippen LogP contribution is 2.35. The van der Waals surface area contributed by atoms with Gasteiger partial charge in [0.15, 0.2) is 0 Å². The molecule has 0 radical (unpaired) electrons. The maximum Gasteiger partial charge on any atom is 0.222 e. The quantitative estimate of drug-likeness (QED) is 0.916. The van der Waals surface area contributed by atoms with Gasteiger partial charge in [-0.1, -0.05) is 28.1 Å². The van der Waals surface area contributed by atoms with Crippen molar-refractivity contribution >= 4 is 21.8 Å². The van der Waals surface area contributed by atoms with Crippen LogP contribution in [0.3, 0.4) is 0 Å². The largest absolute Gasteiger partial charge is 0.341 e. The molecule has 1 aliphatic carbocycles. The Labute approximate surface area is 128 Å². The Morgan fingerprint density at radius 1 is 1.45 bits per heavy atom. The molecule has 1 amide bonds. The molecule has 1 saturated heterocycles. The molecule has 2 unspecified atom stereocenters. The van der Waals surface area contributed by atoms with Crippen LogP contribution in [-0.4, -0.2) is 29.9 Å². The Morgan fingerprint density at radius 2 is 2.30 bits per heavy atom. The van der Waals surface area contributed by atoms with Gasteiger partial charge in [-0.3, -0.25) is 4.79 Å². The third kappa shape index (κ3) is 2.77. The van der Waals surface area contributed by atoms with Crippen LogP contribution >= 0.6 is 15.9 Å². The van der Waals surface area contributed by atoms with Gasteiger partial charge in [0.25, 0.3) is 0 Å². The summed E-state index contributed by atoms with van der Waals surface area (Å²) in [6.45, 7) is 3.94. The number of amides is 1. The summed E-state index contributed by atoms with van der Waals surface area (Å²) >= 11 is 3.64. The highest BCUT2D eigenvalue weighted by atomic mass is 79.9. The normalized spacial score (nSPS) is 23.2. The summed E-state index contributed by atoms with van der Waals surface area (Å²) in [6, 6.07) is 7.21. The summed E-state index contributed by atoms with van der Waals surface area (Å²) in [7, 11) is 0. The van der Waals surface area contributed by atoms with Crippen LogP contribution in [0.5, 0.6) is 0 Å². The number of nitrogens with one attached hydrogen (secondary N) is 1. The van der Waals surface area contributed by atoms with Crippen molar-refractivity contribution in [3.63, 3.8) is 0 Å². The van der Waals surface area contributed by atoms with Gasteiger partial charge in [0, 0.05) is 36.1 Å². The third-order valence-corrected chi connectivity index (χ3v) is 5.11. The molecule has 2 aliphatic rings. The molecule has 1 N–H and O–H groups in total. The smallest absolute Gasteiger partial charge is 0.222 e. The van der Waals surface area contributed by atoms with Crippen LogP contribution < -0.4 is 5.32 Å². The number of carbonyl (C=O) groups is 1. The van der Waals surface area contributed by atoms with E-state index in [-0.39, 0.29) is 0 Å². The van der Waals surface area contributed by atoms with Crippen LogP contribution in [0, 0.1) is 0 Å². The standard InChI is InChI=1S/C16H21BrN2O/c1-11(10-19-9-3-6-16(19)20)18-15-8-7-12-13(15)4-2-5-14(12)17/h2,4-5,11,15,18H,3,6-10H2,1H3. The molecule has 1 heterocycles. The van der Waals surface area contributed by atoms with Crippen molar-refractivity contribution < 1.29 is 4.79 Å². The lowest BCUT2D eigenvalue weighted by Gasteiger charge is -2.25. The van der Waals surface area contributed by atoms with Gasteiger partial charge in [-0.05, 0) is 43.4 Å². The summed E-state index contributed by atoms with van der Waals surface area (Å²) in [6.07, 6.45) is 4.02. The second-order valence-corrected chi connectivity index (χ2v) is 6.76. The van der Waals surface area contributed by atoms with Gasteiger partial charge < -0.3 is 10.2 Å². The molecule has 0 aromatic heterocycles. The first kappa shape index (κ1) is 14.1. The molecule has 0 saturated carbocycles. The molecule has 1 aromatic carbocycles. The molecule has 1 fully saturated rings. The van der Waals surface area contributed by atoms with Gasteiger partial charge >= 0.3 is 0 Å². The van der Waals surface area contributed by atoms with E-state index in [4.69, 9.17) is 0 Å². The summed E-state index contributed by atoms with van der Waals surface area (Å²) in [5, 5.41) is 3.69. The fourth-order valence-electron chi connectivity index (χ4n) is 3.41. The van der Waals surface area contributed by atoms with Gasteiger partial charge in [-0.25, -0.2) is 0 Å². The summed E-state index contributed by atoms with van der Waals surface area (Å²) in [5.41, 5.74) is 2.86. The third-order valence-electron chi connectivity index (χ3n) is 4.36. The van der Waals surface area contributed by atoms with E-state index in [1.807, 2.05) is 4.90 Å². The van der Waals surface area contributed by atoms with Crippen LogP contribution in [0.15, 0.2) is 22.7 Å². The Kier molecular flexibility index (Phi) is 4.13. The van der Waals surface area contributed by atoms with Gasteiger partial charge in [0.1, 0.15) is 0 Å². The zero-order valence-electron chi connectivity index (χ0n) is 11.9. The van der Waals surface area contributed by atoms with Gasteiger partial charge in [0.2, 0.25) is 5.91 Å². The molecule has 108 valence electrons. The molecule has 3 rings (SSSR count). The van der Waals surface area contributed by atoms with E-state index >= 15 is 0 Å². The van der Waals surface area contributed by atoms with Crippen molar-refractivity contribution in [2.24, 2.45) is 0 Å². The zero-order valence-corrected chi connectivity index (χ0v) is 13.4. The minimum Gasteiger partial charge on any atom is -0.341 e. The number of fused-ring (bicyclic) bond motifs is 1. The number of halogens is 1. The molecule has 4 heteroatoms. The molecule has 0 spiro atoms. The number of hydrogen-bond donors (Lipinski definition) is 1. The average Bonchev–Trinajstić information content (AvgIpc) is 2.99. The number of hydrogen-bond acceptors (Lipinski definition) is 2. The second-order valence-electron chi connectivity index (χ2n) is 5.91. The predicted octanol–water partition coefficient (Wildman–Crippen LogP) is 3.04. The zero-order chi connectivity index (χ0) is 14.1. The van der Waals surface area contributed by atoms with Crippen LogP contribution in [0.25, 0.3) is 0 Å². The van der Waals surface area contributed by atoms with Crippen LogP contribution in [0.4, 0.5) is 0 Å². The van der Waals surface area contributed by atoms with Crippen molar-refractivity contribution in [3.8, 4) is 0 Å². The van der Waals surface area contributed by atoms with E-state index in [0.29, 0.717) is 18.0 Å². The summed E-state index contributed by atoms with van der Waals surface area (Å²) < 4.78 is 1.22. The van der Waals surface area contributed by atoms with E-state index in [9.17, 15) is 4.79 Å². The molecule has 2 atom stereocenters. The maximum absolute atomic E-state index is 11.7. The Morgan fingerprint density at radius 3 is 3.05 bits per heavy atom. The average molecular weight is 337 g/mol.